The molecule has 0 atom stereocenters. The Morgan fingerprint density at radius 1 is 1.46 bits per heavy atom. The molecular weight excluding hydrogens is 183 g/mol. The molecule has 0 bridgehead atoms. The van der Waals surface area contributed by atoms with E-state index in [4.69, 9.17) is 5.84 Å². The molecule has 3 N–H and O–H groups in total. The van der Waals surface area contributed by atoms with Crippen molar-refractivity contribution >= 4 is 5.82 Å². The predicted molar refractivity (Wildman–Crippen MR) is 41.8 cm³/mol. The Hall–Kier alpha value is -1.30. The summed E-state index contributed by atoms with van der Waals surface area (Å²) in [5.74, 6) is 5.20. The van der Waals surface area contributed by atoms with Gasteiger partial charge in [-0.15, -0.1) is 0 Å². The maximum atomic E-state index is 12.2. The van der Waals surface area contributed by atoms with Crippen molar-refractivity contribution in [2.75, 3.05) is 5.43 Å². The van der Waals surface area contributed by atoms with Crippen molar-refractivity contribution in [2.24, 2.45) is 5.84 Å². The van der Waals surface area contributed by atoms with Crippen molar-refractivity contribution in [3.05, 3.63) is 23.4 Å². The monoisotopic (exact) mass is 191 g/mol. The van der Waals surface area contributed by atoms with E-state index < -0.39 is 11.7 Å². The van der Waals surface area contributed by atoms with E-state index in [-0.39, 0.29) is 11.4 Å². The fourth-order valence-electron chi connectivity index (χ4n) is 0.932. The van der Waals surface area contributed by atoms with Crippen LogP contribution in [0.5, 0.6) is 0 Å². The van der Waals surface area contributed by atoms with Gasteiger partial charge in [0.2, 0.25) is 0 Å². The van der Waals surface area contributed by atoms with Crippen LogP contribution >= 0.6 is 0 Å². The van der Waals surface area contributed by atoms with E-state index >= 15 is 0 Å². The topological polar surface area (TPSA) is 50.9 Å². The van der Waals surface area contributed by atoms with Crippen LogP contribution in [0.1, 0.15) is 11.1 Å². The second kappa shape index (κ2) is 3.21. The van der Waals surface area contributed by atoms with Gasteiger partial charge >= 0.3 is 6.18 Å². The zero-order valence-electron chi connectivity index (χ0n) is 6.81. The van der Waals surface area contributed by atoms with Gasteiger partial charge < -0.3 is 5.43 Å². The van der Waals surface area contributed by atoms with E-state index in [1.165, 1.54) is 13.0 Å². The molecule has 0 spiro atoms. The van der Waals surface area contributed by atoms with Crippen molar-refractivity contribution in [2.45, 2.75) is 13.1 Å². The van der Waals surface area contributed by atoms with Crippen molar-refractivity contribution in [1.82, 2.24) is 4.98 Å². The third kappa shape index (κ3) is 2.09. The Morgan fingerprint density at radius 2 is 2.08 bits per heavy atom. The third-order valence-corrected chi connectivity index (χ3v) is 1.56. The first-order valence-corrected chi connectivity index (χ1v) is 3.45. The van der Waals surface area contributed by atoms with Crippen LogP contribution in [0.25, 0.3) is 0 Å². The summed E-state index contributed by atoms with van der Waals surface area (Å²) in [6, 6.07) is 1.24. The first kappa shape index (κ1) is 9.79. The number of rotatable bonds is 1. The Labute approximate surface area is 72.7 Å². The smallest absolute Gasteiger partial charge is 0.308 e. The number of nitrogens with two attached hydrogens (primary N) is 1. The van der Waals surface area contributed by atoms with Crippen LogP contribution in [0, 0.1) is 6.92 Å². The molecule has 0 aliphatic heterocycles. The lowest BCUT2D eigenvalue weighted by Gasteiger charge is -2.10. The van der Waals surface area contributed by atoms with E-state index in [0.29, 0.717) is 0 Å². The van der Waals surface area contributed by atoms with E-state index in [0.717, 1.165) is 6.20 Å². The van der Waals surface area contributed by atoms with Gasteiger partial charge in [0.15, 0.2) is 0 Å². The lowest BCUT2D eigenvalue weighted by Crippen LogP contribution is -2.12. The summed E-state index contributed by atoms with van der Waals surface area (Å²) < 4.78 is 36.6. The molecule has 1 aromatic heterocycles. The van der Waals surface area contributed by atoms with Gasteiger partial charge in [-0.05, 0) is 18.6 Å². The molecule has 6 heteroatoms. The largest absolute Gasteiger partial charge is 0.418 e. The number of alkyl halides is 3. The molecule has 3 nitrogen and oxygen atoms in total. The first-order valence-electron chi connectivity index (χ1n) is 3.45. The molecule has 13 heavy (non-hydrogen) atoms. The molecular formula is C7H8F3N3. The Bertz CT molecular complexity index is 308. The zero-order chi connectivity index (χ0) is 10.1. The number of halogens is 3. The highest BCUT2D eigenvalue weighted by atomic mass is 19.4. The number of aromatic nitrogens is 1. The summed E-state index contributed by atoms with van der Waals surface area (Å²) in [4.78, 5) is 3.47. The second-order valence-corrected chi connectivity index (χ2v) is 2.53. The number of nitrogen functional groups attached to an aromatic ring is 1. The lowest BCUT2D eigenvalue weighted by atomic mass is 10.1. The minimum absolute atomic E-state index is 0.0930. The van der Waals surface area contributed by atoms with Crippen molar-refractivity contribution in [3.63, 3.8) is 0 Å². The minimum Gasteiger partial charge on any atom is -0.308 e. The second-order valence-electron chi connectivity index (χ2n) is 2.53. The molecule has 0 unspecified atom stereocenters. The highest BCUT2D eigenvalue weighted by Gasteiger charge is 2.32. The first-order chi connectivity index (χ1) is 5.95. The number of aryl methyl sites for hydroxylation is 1. The summed E-state index contributed by atoms with van der Waals surface area (Å²) in [6.07, 6.45) is -3.60. The normalized spacial score (nSPS) is 11.5. The van der Waals surface area contributed by atoms with Gasteiger partial charge in [0.05, 0.1) is 5.56 Å². The number of anilines is 1. The molecule has 72 valence electrons. The van der Waals surface area contributed by atoms with Gasteiger partial charge in [-0.2, -0.15) is 13.2 Å². The zero-order valence-corrected chi connectivity index (χ0v) is 6.81. The Balaban J connectivity index is 3.13. The summed E-state index contributed by atoms with van der Waals surface area (Å²) in [6.45, 7) is 1.35. The van der Waals surface area contributed by atoms with Crippen LogP contribution in [0.4, 0.5) is 19.0 Å². The van der Waals surface area contributed by atoms with E-state index in [1.54, 1.807) is 0 Å². The molecule has 1 heterocycles. The average molecular weight is 191 g/mol. The van der Waals surface area contributed by atoms with Crippen LogP contribution in [0.15, 0.2) is 12.3 Å². The highest BCUT2D eigenvalue weighted by Crippen LogP contribution is 2.31. The predicted octanol–water partition coefficient (Wildman–Crippen LogP) is 1.69. The minimum atomic E-state index is -4.36. The summed E-state index contributed by atoms with van der Waals surface area (Å²) in [5, 5.41) is 0. The van der Waals surface area contributed by atoms with Gasteiger partial charge in [0, 0.05) is 6.20 Å². The summed E-state index contributed by atoms with van der Waals surface area (Å²) in [7, 11) is 0. The molecule has 0 aliphatic rings. The van der Waals surface area contributed by atoms with E-state index in [1.807, 2.05) is 0 Å². The van der Waals surface area contributed by atoms with E-state index in [2.05, 4.69) is 10.4 Å². The molecule has 0 saturated carbocycles. The standard InChI is InChI=1S/C7H8F3N3/c1-4-2-6(13-11)12-3-5(4)7(8,9)10/h2-3H,11H2,1H3,(H,12,13). The quantitative estimate of drug-likeness (QED) is 0.524. The summed E-state index contributed by atoms with van der Waals surface area (Å²) >= 11 is 0. The molecule has 0 radical (unpaired) electrons. The highest BCUT2D eigenvalue weighted by molar-refractivity contribution is 5.40. The number of hydrogen-bond acceptors (Lipinski definition) is 3. The number of hydrogen-bond donors (Lipinski definition) is 2. The molecule has 0 fully saturated rings. The van der Waals surface area contributed by atoms with Crippen LogP contribution in [-0.4, -0.2) is 4.98 Å². The van der Waals surface area contributed by atoms with Gasteiger partial charge in [-0.1, -0.05) is 0 Å². The van der Waals surface area contributed by atoms with E-state index in [9.17, 15) is 13.2 Å². The van der Waals surface area contributed by atoms with Gasteiger partial charge in [-0.25, -0.2) is 10.8 Å². The van der Waals surface area contributed by atoms with Crippen LogP contribution < -0.4 is 11.3 Å². The third-order valence-electron chi connectivity index (χ3n) is 1.56. The van der Waals surface area contributed by atoms with Crippen LogP contribution in [0.3, 0.4) is 0 Å². The molecule has 0 amide bonds. The van der Waals surface area contributed by atoms with Crippen molar-refractivity contribution < 1.29 is 13.2 Å². The molecule has 1 rings (SSSR count). The van der Waals surface area contributed by atoms with Gasteiger partial charge in [-0.3, -0.25) is 0 Å². The van der Waals surface area contributed by atoms with Crippen LogP contribution in [-0.2, 0) is 6.18 Å². The maximum absolute atomic E-state index is 12.2. The lowest BCUT2D eigenvalue weighted by molar-refractivity contribution is -0.138. The molecule has 0 aliphatic carbocycles. The van der Waals surface area contributed by atoms with Crippen molar-refractivity contribution in [1.29, 1.82) is 0 Å². The Morgan fingerprint density at radius 3 is 2.46 bits per heavy atom. The van der Waals surface area contributed by atoms with Gasteiger partial charge in [0.1, 0.15) is 5.82 Å². The SMILES string of the molecule is Cc1cc(NN)ncc1C(F)(F)F. The number of nitrogens with one attached hydrogen (secondary N) is 1. The fourth-order valence-corrected chi connectivity index (χ4v) is 0.932. The van der Waals surface area contributed by atoms with Crippen molar-refractivity contribution in [3.8, 4) is 0 Å². The van der Waals surface area contributed by atoms with Gasteiger partial charge in [0.25, 0.3) is 0 Å². The van der Waals surface area contributed by atoms with Crippen LogP contribution in [0.2, 0.25) is 0 Å². The molecule has 0 aromatic carbocycles. The molecule has 0 saturated heterocycles. The maximum Gasteiger partial charge on any atom is 0.418 e. The molecule has 1 aromatic rings. The number of hydrazine groups is 1. The summed E-state index contributed by atoms with van der Waals surface area (Å²) in [5.41, 5.74) is 1.52. The number of nitrogens with zero attached hydrogens (tertiary/aromatic N) is 1. The fraction of sp³-hybridized carbons (Fsp3) is 0.286. The Kier molecular flexibility index (Phi) is 2.42. The number of pyridine rings is 1. The average Bonchev–Trinajstić information content (AvgIpc) is 2.01.